The van der Waals surface area contributed by atoms with Crippen LogP contribution in [0.3, 0.4) is 0 Å². The summed E-state index contributed by atoms with van der Waals surface area (Å²) in [5.74, 6) is 0.348. The van der Waals surface area contributed by atoms with Crippen molar-refractivity contribution in [3.8, 4) is 0 Å². The van der Waals surface area contributed by atoms with Gasteiger partial charge in [0.25, 0.3) is 0 Å². The van der Waals surface area contributed by atoms with Crippen LogP contribution in [0.1, 0.15) is 71.1 Å². The van der Waals surface area contributed by atoms with Crippen molar-refractivity contribution in [3.63, 3.8) is 0 Å². The summed E-state index contributed by atoms with van der Waals surface area (Å²) in [5, 5.41) is 0. The van der Waals surface area contributed by atoms with E-state index in [9.17, 15) is 4.79 Å². The molecule has 2 fully saturated rings. The molecule has 0 spiro atoms. The molecule has 2 saturated carbocycles. The molecule has 0 saturated heterocycles. The molecular formula is C15H27NO. The predicted octanol–water partition coefficient (Wildman–Crippen LogP) is 3.54. The average molecular weight is 237 g/mol. The van der Waals surface area contributed by atoms with Crippen LogP contribution in [0.5, 0.6) is 0 Å². The maximum Gasteiger partial charge on any atom is 0.143 e. The van der Waals surface area contributed by atoms with Crippen molar-refractivity contribution in [2.75, 3.05) is 6.54 Å². The highest BCUT2D eigenvalue weighted by Gasteiger charge is 2.29. The number of hydrogen-bond donors (Lipinski definition) is 0. The summed E-state index contributed by atoms with van der Waals surface area (Å²) >= 11 is 0. The summed E-state index contributed by atoms with van der Waals surface area (Å²) in [6.07, 6.45) is 13.6. The van der Waals surface area contributed by atoms with Crippen molar-refractivity contribution >= 4 is 5.78 Å². The van der Waals surface area contributed by atoms with Crippen molar-refractivity contribution in [2.45, 2.75) is 83.2 Å². The van der Waals surface area contributed by atoms with E-state index in [2.05, 4.69) is 4.90 Å². The highest BCUT2D eigenvalue weighted by Crippen LogP contribution is 2.29. The molecule has 2 heteroatoms. The van der Waals surface area contributed by atoms with Gasteiger partial charge in [-0.15, -0.1) is 0 Å². The molecule has 2 nitrogen and oxygen atoms in total. The van der Waals surface area contributed by atoms with Gasteiger partial charge in [0, 0.05) is 12.1 Å². The molecule has 0 aromatic heterocycles. The summed E-state index contributed by atoms with van der Waals surface area (Å²) in [6, 6.07) is 1.41. The molecular weight excluding hydrogens is 210 g/mol. The number of carbonyl (C=O) groups is 1. The first-order valence-corrected chi connectivity index (χ1v) is 7.52. The summed E-state index contributed by atoms with van der Waals surface area (Å²) in [6.45, 7) is 2.45. The van der Waals surface area contributed by atoms with Crippen LogP contribution in [-0.2, 0) is 4.79 Å². The topological polar surface area (TPSA) is 20.3 Å². The van der Waals surface area contributed by atoms with Gasteiger partial charge in [-0.1, -0.05) is 38.5 Å². The van der Waals surface area contributed by atoms with E-state index in [1.807, 2.05) is 0 Å². The number of hydrogen-bond acceptors (Lipinski definition) is 2. The minimum Gasteiger partial charge on any atom is -0.299 e. The molecule has 2 aliphatic carbocycles. The molecule has 0 aromatic rings. The maximum atomic E-state index is 11.5. The lowest BCUT2D eigenvalue weighted by Crippen LogP contribution is -2.47. The summed E-state index contributed by atoms with van der Waals surface area (Å²) < 4.78 is 0. The van der Waals surface area contributed by atoms with Crippen LogP contribution >= 0.6 is 0 Å². The first-order chi connectivity index (χ1) is 8.27. The lowest BCUT2D eigenvalue weighted by atomic mass is 9.88. The van der Waals surface area contributed by atoms with Crippen LogP contribution in [0.15, 0.2) is 0 Å². The average Bonchev–Trinajstić information content (AvgIpc) is 2.38. The van der Waals surface area contributed by atoms with Gasteiger partial charge in [-0.05, 0) is 32.6 Å². The lowest BCUT2D eigenvalue weighted by Gasteiger charge is -2.41. The summed E-state index contributed by atoms with van der Waals surface area (Å²) in [5.41, 5.74) is 0. The third kappa shape index (κ3) is 3.80. The molecule has 0 amide bonds. The van der Waals surface area contributed by atoms with Gasteiger partial charge in [0.2, 0.25) is 0 Å². The molecule has 2 rings (SSSR count). The van der Waals surface area contributed by atoms with Gasteiger partial charge in [-0.2, -0.15) is 0 Å². The third-order valence-electron chi connectivity index (χ3n) is 4.49. The number of Topliss-reactive ketones (excluding diaryl/α,β-unsaturated/α-hetero) is 1. The van der Waals surface area contributed by atoms with E-state index < -0.39 is 0 Å². The fourth-order valence-electron chi connectivity index (χ4n) is 3.64. The van der Waals surface area contributed by atoms with Crippen LogP contribution in [0.2, 0.25) is 0 Å². The molecule has 0 N–H and O–H groups in total. The minimum atomic E-state index is 0.348. The number of carbonyl (C=O) groups excluding carboxylic acids is 1. The van der Waals surface area contributed by atoms with Gasteiger partial charge in [0.1, 0.15) is 5.78 Å². The highest BCUT2D eigenvalue weighted by atomic mass is 16.1. The zero-order valence-corrected chi connectivity index (χ0v) is 11.3. The third-order valence-corrected chi connectivity index (χ3v) is 4.49. The minimum absolute atomic E-state index is 0.348. The van der Waals surface area contributed by atoms with Gasteiger partial charge < -0.3 is 0 Å². The van der Waals surface area contributed by atoms with E-state index in [1.165, 1.54) is 64.2 Å². The summed E-state index contributed by atoms with van der Waals surface area (Å²) in [7, 11) is 0. The van der Waals surface area contributed by atoms with E-state index in [4.69, 9.17) is 0 Å². The van der Waals surface area contributed by atoms with Gasteiger partial charge in [-0.25, -0.2) is 0 Å². The van der Waals surface area contributed by atoms with Crippen molar-refractivity contribution < 1.29 is 4.79 Å². The molecule has 0 atom stereocenters. The van der Waals surface area contributed by atoms with E-state index in [-0.39, 0.29) is 0 Å². The monoisotopic (exact) mass is 237 g/mol. The Kier molecular flexibility index (Phi) is 5.02. The predicted molar refractivity (Wildman–Crippen MR) is 71.1 cm³/mol. The number of nitrogens with zero attached hydrogens (tertiary/aromatic N) is 1. The van der Waals surface area contributed by atoms with Crippen LogP contribution in [0.4, 0.5) is 0 Å². The Morgan fingerprint density at radius 3 is 1.65 bits per heavy atom. The van der Waals surface area contributed by atoms with Crippen molar-refractivity contribution in [1.82, 2.24) is 4.90 Å². The molecule has 0 heterocycles. The zero-order chi connectivity index (χ0) is 12.1. The Hall–Kier alpha value is -0.370. The Morgan fingerprint density at radius 1 is 0.882 bits per heavy atom. The molecule has 0 unspecified atom stereocenters. The van der Waals surface area contributed by atoms with Gasteiger partial charge >= 0.3 is 0 Å². The van der Waals surface area contributed by atoms with Crippen LogP contribution in [0, 0.1) is 0 Å². The SMILES string of the molecule is CC(=O)CN(C1CCCCC1)C1CCCCC1. The van der Waals surface area contributed by atoms with Gasteiger partial charge in [0.05, 0.1) is 6.54 Å². The van der Waals surface area contributed by atoms with E-state index in [0.717, 1.165) is 0 Å². The molecule has 17 heavy (non-hydrogen) atoms. The lowest BCUT2D eigenvalue weighted by molar-refractivity contribution is -0.119. The molecule has 0 bridgehead atoms. The molecule has 98 valence electrons. The zero-order valence-electron chi connectivity index (χ0n) is 11.3. The fourth-order valence-corrected chi connectivity index (χ4v) is 3.64. The Bertz CT molecular complexity index is 221. The Morgan fingerprint density at radius 2 is 1.29 bits per heavy atom. The van der Waals surface area contributed by atoms with Crippen molar-refractivity contribution in [3.05, 3.63) is 0 Å². The standard InChI is InChI=1S/C15H27NO/c1-13(17)12-16(14-8-4-2-5-9-14)15-10-6-3-7-11-15/h14-15H,2-12H2,1H3. The first-order valence-electron chi connectivity index (χ1n) is 7.52. The van der Waals surface area contributed by atoms with Gasteiger partial charge in [0.15, 0.2) is 0 Å². The van der Waals surface area contributed by atoms with Crippen molar-refractivity contribution in [2.24, 2.45) is 0 Å². The van der Waals surface area contributed by atoms with Crippen LogP contribution < -0.4 is 0 Å². The second-order valence-corrected chi connectivity index (χ2v) is 5.96. The molecule has 2 aliphatic rings. The maximum absolute atomic E-state index is 11.5. The summed E-state index contributed by atoms with van der Waals surface area (Å²) in [4.78, 5) is 14.1. The fraction of sp³-hybridized carbons (Fsp3) is 0.933. The van der Waals surface area contributed by atoms with Crippen LogP contribution in [-0.4, -0.2) is 29.3 Å². The van der Waals surface area contributed by atoms with Gasteiger partial charge in [-0.3, -0.25) is 9.69 Å². The molecule has 0 aliphatic heterocycles. The smallest absolute Gasteiger partial charge is 0.143 e. The molecule has 0 aromatic carbocycles. The number of ketones is 1. The highest BCUT2D eigenvalue weighted by molar-refractivity contribution is 5.77. The normalized spacial score (nSPS) is 24.1. The second kappa shape index (κ2) is 6.53. The first kappa shape index (κ1) is 13.1. The molecule has 0 radical (unpaired) electrons. The van der Waals surface area contributed by atoms with Crippen molar-refractivity contribution in [1.29, 1.82) is 0 Å². The Balaban J connectivity index is 1.97. The van der Waals surface area contributed by atoms with E-state index >= 15 is 0 Å². The van der Waals surface area contributed by atoms with Crippen LogP contribution in [0.25, 0.3) is 0 Å². The Labute approximate surface area is 106 Å². The van der Waals surface area contributed by atoms with E-state index in [0.29, 0.717) is 24.4 Å². The van der Waals surface area contributed by atoms with E-state index in [1.54, 1.807) is 6.92 Å². The number of rotatable bonds is 4. The largest absolute Gasteiger partial charge is 0.299 e. The second-order valence-electron chi connectivity index (χ2n) is 5.96. The quantitative estimate of drug-likeness (QED) is 0.745.